The van der Waals surface area contributed by atoms with Crippen molar-refractivity contribution in [1.82, 2.24) is 14.8 Å². The number of nitrogens with zero attached hydrogens (tertiary/aromatic N) is 3. The van der Waals surface area contributed by atoms with Gasteiger partial charge in [0.1, 0.15) is 5.56 Å². The second-order valence-corrected chi connectivity index (χ2v) is 5.37. The molecule has 24 heavy (non-hydrogen) atoms. The molecular weight excluding hydrogens is 323 g/mol. The molecule has 3 rings (SSSR count). The van der Waals surface area contributed by atoms with Crippen LogP contribution in [-0.2, 0) is 12.7 Å². The minimum atomic E-state index is -4.82. The zero-order valence-corrected chi connectivity index (χ0v) is 12.5. The summed E-state index contributed by atoms with van der Waals surface area (Å²) in [4.78, 5) is 15.3. The molecule has 0 atom stereocenters. The lowest BCUT2D eigenvalue weighted by atomic mass is 10.1. The van der Waals surface area contributed by atoms with Gasteiger partial charge in [-0.2, -0.15) is 18.3 Å². The number of carboxylic acids is 1. The van der Waals surface area contributed by atoms with Crippen molar-refractivity contribution in [3.63, 3.8) is 0 Å². The maximum Gasteiger partial charge on any atom is 0.436 e. The van der Waals surface area contributed by atoms with Gasteiger partial charge >= 0.3 is 12.1 Å². The maximum atomic E-state index is 12.9. The summed E-state index contributed by atoms with van der Waals surface area (Å²) in [5.41, 5.74) is 0.0830. The molecule has 5 nitrogen and oxygen atoms in total. The highest BCUT2D eigenvalue weighted by Gasteiger charge is 2.39. The van der Waals surface area contributed by atoms with Gasteiger partial charge in [-0.1, -0.05) is 12.1 Å². The number of hydrogen-bond acceptors (Lipinski definition) is 3. The van der Waals surface area contributed by atoms with E-state index < -0.39 is 23.4 Å². The molecule has 124 valence electrons. The highest BCUT2D eigenvalue weighted by atomic mass is 19.4. The van der Waals surface area contributed by atoms with E-state index in [1.54, 1.807) is 18.2 Å². The summed E-state index contributed by atoms with van der Waals surface area (Å²) >= 11 is 0. The fourth-order valence-electron chi connectivity index (χ4n) is 2.43. The Labute approximate surface area is 134 Å². The second-order valence-electron chi connectivity index (χ2n) is 5.37. The van der Waals surface area contributed by atoms with E-state index in [9.17, 15) is 18.0 Å². The molecule has 2 aromatic heterocycles. The Kier molecular flexibility index (Phi) is 3.75. The third kappa shape index (κ3) is 3.08. The summed E-state index contributed by atoms with van der Waals surface area (Å²) in [5, 5.41) is 13.1. The first-order valence-electron chi connectivity index (χ1n) is 6.98. The predicted molar refractivity (Wildman–Crippen MR) is 79.8 cm³/mol. The number of carboxylic acid groups (broad SMARTS) is 1. The van der Waals surface area contributed by atoms with Crippen molar-refractivity contribution >= 4 is 16.9 Å². The molecule has 0 aliphatic carbocycles. The number of aromatic nitrogens is 3. The average Bonchev–Trinajstić information content (AvgIpc) is 2.92. The molecule has 0 aliphatic rings. The van der Waals surface area contributed by atoms with Crippen LogP contribution in [0.4, 0.5) is 13.2 Å². The normalized spacial score (nSPS) is 11.8. The lowest BCUT2D eigenvalue weighted by molar-refractivity contribution is -0.142. The first kappa shape index (κ1) is 16.0. The standard InChI is InChI=1S/C16H12F3N3O2/c1-9-2-4-11-6-10(3-5-13(11)20-9)7-22-8-12(15(23)24)14(21-22)16(17,18)19/h2-6,8H,7H2,1H3,(H,23,24). The highest BCUT2D eigenvalue weighted by Crippen LogP contribution is 2.31. The quantitative estimate of drug-likeness (QED) is 0.795. The van der Waals surface area contributed by atoms with E-state index in [0.717, 1.165) is 27.5 Å². The van der Waals surface area contributed by atoms with Crippen molar-refractivity contribution in [2.75, 3.05) is 0 Å². The van der Waals surface area contributed by atoms with E-state index in [1.807, 2.05) is 19.1 Å². The van der Waals surface area contributed by atoms with Crippen molar-refractivity contribution in [3.8, 4) is 0 Å². The van der Waals surface area contributed by atoms with Crippen LogP contribution in [0.15, 0.2) is 36.5 Å². The predicted octanol–water partition coefficient (Wildman–Crippen LogP) is 3.51. The van der Waals surface area contributed by atoms with Gasteiger partial charge in [-0.3, -0.25) is 9.67 Å². The SMILES string of the molecule is Cc1ccc2cc(Cn3cc(C(=O)O)c(C(F)(F)F)n3)ccc2n1. The van der Waals surface area contributed by atoms with Gasteiger partial charge < -0.3 is 5.11 Å². The van der Waals surface area contributed by atoms with Gasteiger partial charge in [0.2, 0.25) is 0 Å². The van der Waals surface area contributed by atoms with Gasteiger partial charge in [0.25, 0.3) is 0 Å². The zero-order valence-electron chi connectivity index (χ0n) is 12.5. The third-order valence-electron chi connectivity index (χ3n) is 3.50. The van der Waals surface area contributed by atoms with Gasteiger partial charge in [-0.25, -0.2) is 4.79 Å². The van der Waals surface area contributed by atoms with Crippen molar-refractivity contribution < 1.29 is 23.1 Å². The van der Waals surface area contributed by atoms with Crippen molar-refractivity contribution in [3.05, 3.63) is 59.0 Å². The Morgan fingerprint density at radius 1 is 1.25 bits per heavy atom. The minimum Gasteiger partial charge on any atom is -0.478 e. The van der Waals surface area contributed by atoms with E-state index in [4.69, 9.17) is 5.11 Å². The number of alkyl halides is 3. The van der Waals surface area contributed by atoms with Crippen molar-refractivity contribution in [2.24, 2.45) is 0 Å². The van der Waals surface area contributed by atoms with Gasteiger partial charge in [-0.05, 0) is 30.7 Å². The number of aryl methyl sites for hydroxylation is 1. The smallest absolute Gasteiger partial charge is 0.436 e. The molecular formula is C16H12F3N3O2. The van der Waals surface area contributed by atoms with E-state index in [-0.39, 0.29) is 6.54 Å². The minimum absolute atomic E-state index is 0.0280. The molecule has 0 amide bonds. The van der Waals surface area contributed by atoms with Crippen LogP contribution in [0.1, 0.15) is 27.3 Å². The Morgan fingerprint density at radius 2 is 2.00 bits per heavy atom. The number of halogens is 3. The van der Waals surface area contributed by atoms with Crippen LogP contribution >= 0.6 is 0 Å². The van der Waals surface area contributed by atoms with Crippen LogP contribution in [-0.4, -0.2) is 25.8 Å². The molecule has 0 fully saturated rings. The van der Waals surface area contributed by atoms with Crippen LogP contribution < -0.4 is 0 Å². The second kappa shape index (κ2) is 5.63. The number of aromatic carboxylic acids is 1. The Hall–Kier alpha value is -2.90. The summed E-state index contributed by atoms with van der Waals surface area (Å²) in [6.07, 6.45) is -3.92. The maximum absolute atomic E-state index is 12.9. The molecule has 1 aromatic carbocycles. The van der Waals surface area contributed by atoms with Crippen LogP contribution in [0.2, 0.25) is 0 Å². The van der Waals surface area contributed by atoms with Crippen molar-refractivity contribution in [2.45, 2.75) is 19.6 Å². The Balaban J connectivity index is 1.96. The molecule has 8 heteroatoms. The molecule has 0 spiro atoms. The Bertz CT molecular complexity index is 932. The van der Waals surface area contributed by atoms with Crippen LogP contribution in [0.5, 0.6) is 0 Å². The molecule has 0 saturated carbocycles. The molecule has 0 bridgehead atoms. The third-order valence-corrected chi connectivity index (χ3v) is 3.50. The van der Waals surface area contributed by atoms with Crippen LogP contribution in [0, 0.1) is 6.92 Å². The number of carbonyl (C=O) groups is 1. The molecule has 3 aromatic rings. The zero-order chi connectivity index (χ0) is 17.5. The molecule has 0 radical (unpaired) electrons. The van der Waals surface area contributed by atoms with Gasteiger partial charge in [0, 0.05) is 17.3 Å². The summed E-state index contributed by atoms with van der Waals surface area (Å²) < 4.78 is 39.6. The lowest BCUT2D eigenvalue weighted by Gasteiger charge is -2.05. The lowest BCUT2D eigenvalue weighted by Crippen LogP contribution is -2.12. The van der Waals surface area contributed by atoms with E-state index in [1.165, 1.54) is 0 Å². The summed E-state index contributed by atoms with van der Waals surface area (Å²) in [5.74, 6) is -1.66. The summed E-state index contributed by atoms with van der Waals surface area (Å²) in [6.45, 7) is 1.89. The largest absolute Gasteiger partial charge is 0.478 e. The highest BCUT2D eigenvalue weighted by molar-refractivity contribution is 5.88. The topological polar surface area (TPSA) is 68.0 Å². The fraction of sp³-hybridized carbons (Fsp3) is 0.188. The van der Waals surface area contributed by atoms with Gasteiger partial charge in [-0.15, -0.1) is 0 Å². The average molecular weight is 335 g/mol. The number of pyridine rings is 1. The van der Waals surface area contributed by atoms with E-state index >= 15 is 0 Å². The van der Waals surface area contributed by atoms with Gasteiger partial charge in [0.05, 0.1) is 12.1 Å². The molecule has 0 aliphatic heterocycles. The first-order chi connectivity index (χ1) is 11.2. The molecule has 0 saturated heterocycles. The number of fused-ring (bicyclic) bond motifs is 1. The molecule has 1 N–H and O–H groups in total. The van der Waals surface area contributed by atoms with Crippen LogP contribution in [0.3, 0.4) is 0 Å². The number of benzene rings is 1. The summed E-state index contributed by atoms with van der Waals surface area (Å²) in [6, 6.07) is 8.99. The van der Waals surface area contributed by atoms with Gasteiger partial charge in [0.15, 0.2) is 5.69 Å². The van der Waals surface area contributed by atoms with Crippen LogP contribution in [0.25, 0.3) is 10.9 Å². The fourth-order valence-corrected chi connectivity index (χ4v) is 2.43. The van der Waals surface area contributed by atoms with E-state index in [0.29, 0.717) is 5.56 Å². The Morgan fingerprint density at radius 3 is 2.62 bits per heavy atom. The number of hydrogen-bond donors (Lipinski definition) is 1. The van der Waals surface area contributed by atoms with E-state index in [2.05, 4.69) is 10.1 Å². The molecule has 0 unspecified atom stereocenters. The molecule has 2 heterocycles. The summed E-state index contributed by atoms with van der Waals surface area (Å²) in [7, 11) is 0. The first-order valence-corrected chi connectivity index (χ1v) is 6.98. The monoisotopic (exact) mass is 335 g/mol. The number of rotatable bonds is 3. The van der Waals surface area contributed by atoms with Crippen molar-refractivity contribution in [1.29, 1.82) is 0 Å².